The van der Waals surface area contributed by atoms with Gasteiger partial charge in [-0.05, 0) is 47.3 Å². The first-order chi connectivity index (χ1) is 9.81. The van der Waals surface area contributed by atoms with Crippen molar-refractivity contribution in [3.05, 3.63) is 34.9 Å². The maximum absolute atomic E-state index is 12.6. The van der Waals surface area contributed by atoms with Crippen molar-refractivity contribution in [2.75, 3.05) is 13.2 Å². The molecule has 2 heteroatoms. The van der Waals surface area contributed by atoms with Crippen LogP contribution < -0.4 is 0 Å². The fourth-order valence-electron chi connectivity index (χ4n) is 3.72. The first kappa shape index (κ1) is 14.8. The molecule has 1 fully saturated rings. The molecule has 1 unspecified atom stereocenters. The van der Waals surface area contributed by atoms with Crippen molar-refractivity contribution in [3.8, 4) is 0 Å². The minimum absolute atomic E-state index is 0.0581. The topological polar surface area (TPSA) is 26.3 Å². The maximum atomic E-state index is 12.6. The number of ketones is 1. The third-order valence-electron chi connectivity index (χ3n) is 5.44. The molecule has 21 heavy (non-hydrogen) atoms. The van der Waals surface area contributed by atoms with Crippen LogP contribution in [0.2, 0.25) is 0 Å². The molecule has 1 heterocycles. The summed E-state index contributed by atoms with van der Waals surface area (Å²) < 4.78 is 5.37. The predicted octanol–water partition coefficient (Wildman–Crippen LogP) is 4.25. The predicted molar refractivity (Wildman–Crippen MR) is 85.0 cm³/mol. The number of carbonyl (C=O) groups excluding carboxylic acids is 1. The van der Waals surface area contributed by atoms with Crippen LogP contribution in [0.3, 0.4) is 0 Å². The molecule has 0 spiro atoms. The van der Waals surface area contributed by atoms with Gasteiger partial charge in [-0.15, -0.1) is 0 Å². The Morgan fingerprint density at radius 2 is 1.76 bits per heavy atom. The first-order valence-corrected chi connectivity index (χ1v) is 8.08. The van der Waals surface area contributed by atoms with E-state index in [1.54, 1.807) is 0 Å². The molecule has 114 valence electrons. The van der Waals surface area contributed by atoms with E-state index in [1.165, 1.54) is 24.0 Å². The van der Waals surface area contributed by atoms with E-state index in [-0.39, 0.29) is 22.5 Å². The van der Waals surface area contributed by atoms with Crippen LogP contribution in [0.15, 0.2) is 18.2 Å². The van der Waals surface area contributed by atoms with Gasteiger partial charge in [0.05, 0.1) is 6.61 Å². The Kier molecular flexibility index (Phi) is 3.48. The zero-order valence-corrected chi connectivity index (χ0v) is 13.7. The van der Waals surface area contributed by atoms with Gasteiger partial charge in [0.2, 0.25) is 0 Å². The minimum Gasteiger partial charge on any atom is -0.381 e. The van der Waals surface area contributed by atoms with Crippen LogP contribution in [-0.2, 0) is 15.6 Å². The van der Waals surface area contributed by atoms with Gasteiger partial charge in [0.1, 0.15) is 0 Å². The Morgan fingerprint density at radius 3 is 2.38 bits per heavy atom. The third-order valence-corrected chi connectivity index (χ3v) is 5.44. The molecule has 0 bridgehead atoms. The van der Waals surface area contributed by atoms with Crippen LogP contribution in [0, 0.1) is 5.92 Å². The fourth-order valence-corrected chi connectivity index (χ4v) is 3.72. The van der Waals surface area contributed by atoms with Gasteiger partial charge in [-0.2, -0.15) is 0 Å². The highest BCUT2D eigenvalue weighted by atomic mass is 16.5. The third kappa shape index (κ3) is 2.55. The van der Waals surface area contributed by atoms with E-state index in [9.17, 15) is 4.79 Å². The molecule has 0 radical (unpaired) electrons. The minimum atomic E-state index is 0.0581. The SMILES string of the molecule is CC1(C)CCC(C)(C)c2cc(C(=O)C3CCOC3)ccc21. The van der Waals surface area contributed by atoms with Gasteiger partial charge in [-0.25, -0.2) is 0 Å². The fraction of sp³-hybridized carbons (Fsp3) is 0.632. The van der Waals surface area contributed by atoms with Gasteiger partial charge in [0.25, 0.3) is 0 Å². The van der Waals surface area contributed by atoms with Crippen molar-refractivity contribution < 1.29 is 9.53 Å². The number of carbonyl (C=O) groups is 1. The number of Topliss-reactive ketones (excluding diaryl/α,β-unsaturated/α-hetero) is 1. The molecule has 1 saturated heterocycles. The molecule has 1 aromatic carbocycles. The summed E-state index contributed by atoms with van der Waals surface area (Å²) in [6.07, 6.45) is 3.25. The maximum Gasteiger partial charge on any atom is 0.168 e. The van der Waals surface area contributed by atoms with Crippen molar-refractivity contribution in [3.63, 3.8) is 0 Å². The molecule has 0 N–H and O–H groups in total. The lowest BCUT2D eigenvalue weighted by Crippen LogP contribution is -2.34. The summed E-state index contributed by atoms with van der Waals surface area (Å²) in [5.74, 6) is 0.317. The van der Waals surface area contributed by atoms with Gasteiger partial charge in [-0.3, -0.25) is 4.79 Å². The van der Waals surface area contributed by atoms with Gasteiger partial charge in [0, 0.05) is 18.1 Å². The van der Waals surface area contributed by atoms with Gasteiger partial charge in [-0.1, -0.05) is 39.8 Å². The lowest BCUT2D eigenvalue weighted by Gasteiger charge is -2.42. The number of hydrogen-bond donors (Lipinski definition) is 0. The van der Waals surface area contributed by atoms with Gasteiger partial charge in [0.15, 0.2) is 5.78 Å². The normalized spacial score (nSPS) is 26.4. The van der Waals surface area contributed by atoms with Crippen molar-refractivity contribution >= 4 is 5.78 Å². The molecular weight excluding hydrogens is 260 g/mol. The van der Waals surface area contributed by atoms with Crippen LogP contribution in [0.4, 0.5) is 0 Å². The average molecular weight is 286 g/mol. The summed E-state index contributed by atoms with van der Waals surface area (Å²) in [6.45, 7) is 10.5. The average Bonchev–Trinajstić information content (AvgIpc) is 2.97. The Labute approximate surface area is 127 Å². The largest absolute Gasteiger partial charge is 0.381 e. The van der Waals surface area contributed by atoms with Crippen molar-refractivity contribution in [1.82, 2.24) is 0 Å². The zero-order valence-electron chi connectivity index (χ0n) is 13.7. The van der Waals surface area contributed by atoms with E-state index in [1.807, 2.05) is 6.07 Å². The lowest BCUT2D eigenvalue weighted by molar-refractivity contribution is 0.0900. The quantitative estimate of drug-likeness (QED) is 0.760. The molecule has 1 aliphatic heterocycles. The molecule has 2 aliphatic rings. The van der Waals surface area contributed by atoms with Crippen LogP contribution in [0.5, 0.6) is 0 Å². The molecule has 2 nitrogen and oxygen atoms in total. The van der Waals surface area contributed by atoms with Crippen molar-refractivity contribution in [2.24, 2.45) is 5.92 Å². The molecule has 0 saturated carbocycles. The Bertz CT molecular complexity index is 563. The van der Waals surface area contributed by atoms with Crippen LogP contribution in [0.25, 0.3) is 0 Å². The molecule has 1 aliphatic carbocycles. The highest BCUT2D eigenvalue weighted by Gasteiger charge is 2.37. The van der Waals surface area contributed by atoms with Gasteiger partial charge >= 0.3 is 0 Å². The van der Waals surface area contributed by atoms with E-state index in [2.05, 4.69) is 39.8 Å². The summed E-state index contributed by atoms with van der Waals surface area (Å²) in [7, 11) is 0. The Hall–Kier alpha value is -1.15. The van der Waals surface area contributed by atoms with Crippen LogP contribution in [0.1, 0.15) is 68.4 Å². The summed E-state index contributed by atoms with van der Waals surface area (Å²) in [4.78, 5) is 12.6. The molecule has 0 amide bonds. The molecule has 3 rings (SSSR count). The van der Waals surface area contributed by atoms with Crippen molar-refractivity contribution in [1.29, 1.82) is 0 Å². The van der Waals surface area contributed by atoms with Crippen molar-refractivity contribution in [2.45, 2.75) is 57.8 Å². The van der Waals surface area contributed by atoms with E-state index in [0.717, 1.165) is 18.6 Å². The van der Waals surface area contributed by atoms with E-state index >= 15 is 0 Å². The summed E-state index contributed by atoms with van der Waals surface area (Å²) in [6, 6.07) is 6.39. The van der Waals surface area contributed by atoms with Crippen LogP contribution >= 0.6 is 0 Å². The second-order valence-corrected chi connectivity index (χ2v) is 7.95. The number of rotatable bonds is 2. The standard InChI is InChI=1S/C19H26O2/c1-18(2)8-9-19(3,4)16-11-13(5-6-15(16)18)17(20)14-7-10-21-12-14/h5-6,11,14H,7-10,12H2,1-4H3. The molecule has 1 atom stereocenters. The molecule has 0 aromatic heterocycles. The molecule has 1 aromatic rings. The second-order valence-electron chi connectivity index (χ2n) is 7.95. The molecular formula is C19H26O2. The highest BCUT2D eigenvalue weighted by molar-refractivity contribution is 5.98. The summed E-state index contributed by atoms with van der Waals surface area (Å²) >= 11 is 0. The Balaban J connectivity index is 2.01. The smallest absolute Gasteiger partial charge is 0.168 e. The number of fused-ring (bicyclic) bond motifs is 1. The summed E-state index contributed by atoms with van der Waals surface area (Å²) in [5.41, 5.74) is 4.02. The number of ether oxygens (including phenoxy) is 1. The summed E-state index contributed by atoms with van der Waals surface area (Å²) in [5, 5.41) is 0. The van der Waals surface area contributed by atoms with Crippen LogP contribution in [-0.4, -0.2) is 19.0 Å². The van der Waals surface area contributed by atoms with Gasteiger partial charge < -0.3 is 4.74 Å². The monoisotopic (exact) mass is 286 g/mol. The zero-order chi connectivity index (χ0) is 15.3. The first-order valence-electron chi connectivity index (χ1n) is 8.08. The Morgan fingerprint density at radius 1 is 1.10 bits per heavy atom. The number of hydrogen-bond acceptors (Lipinski definition) is 2. The van der Waals surface area contributed by atoms with E-state index in [0.29, 0.717) is 6.61 Å². The highest BCUT2D eigenvalue weighted by Crippen LogP contribution is 2.46. The lowest BCUT2D eigenvalue weighted by atomic mass is 9.63. The number of benzene rings is 1. The van der Waals surface area contributed by atoms with E-state index < -0.39 is 0 Å². The second kappa shape index (κ2) is 4.95. The van der Waals surface area contributed by atoms with E-state index in [4.69, 9.17) is 4.74 Å².